The number of hydrogen-bond donors (Lipinski definition) is 1. The van der Waals surface area contributed by atoms with E-state index in [0.717, 1.165) is 0 Å². The van der Waals surface area contributed by atoms with Crippen LogP contribution in [0.5, 0.6) is 0 Å². The molecule has 1 aliphatic rings. The van der Waals surface area contributed by atoms with Gasteiger partial charge in [-0.25, -0.2) is 0 Å². The van der Waals surface area contributed by atoms with E-state index < -0.39 is 24.0 Å². The molecule has 3 rings (SSSR count). The van der Waals surface area contributed by atoms with Crippen molar-refractivity contribution in [3.05, 3.63) is 58.7 Å². The van der Waals surface area contributed by atoms with E-state index in [9.17, 15) is 0 Å². The Bertz CT molecular complexity index is 862. The van der Waals surface area contributed by atoms with Gasteiger partial charge < -0.3 is 0 Å². The molecule has 1 nitrogen and oxygen atoms in total. The molecule has 0 aliphatic heterocycles. The van der Waals surface area contributed by atoms with Gasteiger partial charge in [-0.05, 0) is 0 Å². The molecule has 30 heavy (non-hydrogen) atoms. The molecule has 0 bridgehead atoms. The topological polar surface area (TPSA) is 12.0 Å². The van der Waals surface area contributed by atoms with Crippen LogP contribution in [-0.4, -0.2) is 12.2 Å². The van der Waals surface area contributed by atoms with Gasteiger partial charge in [-0.1, -0.05) is 0 Å². The van der Waals surface area contributed by atoms with Crippen LogP contribution in [0.2, 0.25) is 13.1 Å². The minimum atomic E-state index is -1.53. The molecule has 0 amide bonds. The van der Waals surface area contributed by atoms with Crippen molar-refractivity contribution in [1.82, 2.24) is 3.80 Å². The Balaban J connectivity index is 2.25. The maximum atomic E-state index is 4.20. The summed E-state index contributed by atoms with van der Waals surface area (Å²) >= 11 is -1.53. The van der Waals surface area contributed by atoms with Crippen LogP contribution in [0.3, 0.4) is 0 Å². The summed E-state index contributed by atoms with van der Waals surface area (Å²) < 4.78 is 4.81. The van der Waals surface area contributed by atoms with E-state index in [2.05, 4.69) is 116 Å². The van der Waals surface area contributed by atoms with Crippen molar-refractivity contribution in [2.75, 3.05) is 0 Å². The zero-order valence-electron chi connectivity index (χ0n) is 21.1. The molecule has 0 atom stereocenters. The summed E-state index contributed by atoms with van der Waals surface area (Å²) in [6.07, 6.45) is 0. The monoisotopic (exact) mass is 456 g/mol. The Morgan fingerprint density at radius 1 is 0.700 bits per heavy atom. The summed E-state index contributed by atoms with van der Waals surface area (Å²) in [6, 6.07) is 14.8. The Kier molecular flexibility index (Phi) is 6.42. The number of hydrogen-bond acceptors (Lipinski definition) is 1. The standard InChI is InChI=1S/C21H25.C4H10N.C2H7Si.Ti/c1-20(2,3)16-9-7-14-11-15-8-10-17(21(4,5)6)13-19(15)18(14)12-16;1-4(2,3)5;1-3-2;/h7-13H,1-6H3;5H,1-3H3;3H,1-2H3;/q;-1;;+1. The van der Waals surface area contributed by atoms with Gasteiger partial charge in [0.15, 0.2) is 0 Å². The van der Waals surface area contributed by atoms with Crippen LogP contribution in [0.25, 0.3) is 11.1 Å². The van der Waals surface area contributed by atoms with E-state index in [0.29, 0.717) is 4.22 Å². The zero-order valence-corrected chi connectivity index (χ0v) is 23.8. The molecule has 2 aromatic carbocycles. The predicted molar refractivity (Wildman–Crippen MR) is 133 cm³/mol. The molecule has 2 aromatic rings. The SMILES string of the molecule is C[SiH](C)[Ti]([NH]C(C)(C)C)[CH]1c2ccc(C(C)(C)C)cc2-c2cc(C(C)(C)C)ccc21. The van der Waals surface area contributed by atoms with Gasteiger partial charge in [0.05, 0.1) is 0 Å². The number of fused-ring (bicyclic) bond motifs is 3. The number of rotatable bonds is 3. The molecule has 1 aliphatic carbocycles. The van der Waals surface area contributed by atoms with Gasteiger partial charge in [0.1, 0.15) is 0 Å². The van der Waals surface area contributed by atoms with Crippen molar-refractivity contribution in [2.24, 2.45) is 0 Å². The summed E-state index contributed by atoms with van der Waals surface area (Å²) in [5.41, 5.74) is 9.62. The molecule has 0 unspecified atom stereocenters. The van der Waals surface area contributed by atoms with Gasteiger partial charge in [-0.2, -0.15) is 0 Å². The molecule has 3 heteroatoms. The van der Waals surface area contributed by atoms with Gasteiger partial charge in [0, 0.05) is 0 Å². The van der Waals surface area contributed by atoms with E-state index in [1.54, 1.807) is 11.1 Å². The molecular weight excluding hydrogens is 414 g/mol. The molecule has 0 saturated heterocycles. The first-order valence-corrected chi connectivity index (χ1v) is 18.8. The van der Waals surface area contributed by atoms with Crippen LogP contribution in [-0.2, 0) is 28.2 Å². The fourth-order valence-corrected chi connectivity index (χ4v) is 16.6. The zero-order chi connectivity index (χ0) is 22.6. The average molecular weight is 457 g/mol. The average Bonchev–Trinajstić information content (AvgIpc) is 2.90. The van der Waals surface area contributed by atoms with Crippen LogP contribution in [0.15, 0.2) is 36.4 Å². The maximum absolute atomic E-state index is 4.20. The van der Waals surface area contributed by atoms with Crippen molar-refractivity contribution < 1.29 is 17.4 Å². The first-order valence-electron chi connectivity index (χ1n) is 11.5. The van der Waals surface area contributed by atoms with E-state index in [-0.39, 0.29) is 16.4 Å². The van der Waals surface area contributed by atoms with Crippen LogP contribution in [0.1, 0.15) is 88.8 Å². The van der Waals surface area contributed by atoms with E-state index >= 15 is 0 Å². The summed E-state index contributed by atoms with van der Waals surface area (Å²) in [4.78, 5) is 0. The third-order valence-corrected chi connectivity index (χ3v) is 18.8. The van der Waals surface area contributed by atoms with Crippen molar-refractivity contribution in [3.63, 3.8) is 0 Å². The van der Waals surface area contributed by atoms with E-state index in [4.69, 9.17) is 0 Å². The second-order valence-corrected chi connectivity index (χ2v) is 25.5. The Morgan fingerprint density at radius 2 is 1.10 bits per heavy atom. The number of nitrogens with one attached hydrogen (secondary N) is 1. The minimum absolute atomic E-state index is 0.171. The molecule has 0 saturated carbocycles. The fraction of sp³-hybridized carbons (Fsp3) is 0.556. The quantitative estimate of drug-likeness (QED) is 0.480. The van der Waals surface area contributed by atoms with E-state index in [1.165, 1.54) is 22.3 Å². The summed E-state index contributed by atoms with van der Waals surface area (Å²) in [5.74, 6) is 0. The second-order valence-electron chi connectivity index (χ2n) is 12.5. The normalized spacial score (nSPS) is 14.8. The molecule has 0 fully saturated rings. The van der Waals surface area contributed by atoms with Crippen molar-refractivity contribution in [3.8, 4) is 11.1 Å². The second kappa shape index (κ2) is 8.03. The first kappa shape index (κ1) is 24.0. The van der Waals surface area contributed by atoms with E-state index in [1.807, 2.05) is 0 Å². The molecule has 0 aromatic heterocycles. The first-order chi connectivity index (χ1) is 13.6. The van der Waals surface area contributed by atoms with Crippen molar-refractivity contribution in [1.29, 1.82) is 0 Å². The third kappa shape index (κ3) is 4.88. The molecular formula is C27H42NSiTi. The number of benzene rings is 2. The van der Waals surface area contributed by atoms with Gasteiger partial charge >= 0.3 is 194 Å². The van der Waals surface area contributed by atoms with Crippen LogP contribution < -0.4 is 3.80 Å². The summed E-state index contributed by atoms with van der Waals surface area (Å²) in [6.45, 7) is 25.4. The molecule has 0 heterocycles. The molecule has 163 valence electrons. The summed E-state index contributed by atoms with van der Waals surface area (Å²) in [5, 5.41) is 0. The van der Waals surface area contributed by atoms with Crippen molar-refractivity contribution >= 4 is 6.66 Å². The van der Waals surface area contributed by atoms with Gasteiger partial charge in [-0.15, -0.1) is 0 Å². The van der Waals surface area contributed by atoms with Crippen LogP contribution in [0, 0.1) is 0 Å². The van der Waals surface area contributed by atoms with Crippen LogP contribution >= 0.6 is 0 Å². The molecule has 1 N–H and O–H groups in total. The fourth-order valence-electron chi connectivity index (χ4n) is 4.50. The van der Waals surface area contributed by atoms with Gasteiger partial charge in [0.25, 0.3) is 0 Å². The molecule has 0 spiro atoms. The summed E-state index contributed by atoms with van der Waals surface area (Å²) in [7, 11) is 0. The Morgan fingerprint density at radius 3 is 1.40 bits per heavy atom. The van der Waals surface area contributed by atoms with Crippen molar-refractivity contribution in [2.45, 2.75) is 96.0 Å². The Labute approximate surface area is 193 Å². The van der Waals surface area contributed by atoms with Gasteiger partial charge in [0.2, 0.25) is 0 Å². The van der Waals surface area contributed by atoms with Gasteiger partial charge in [-0.3, -0.25) is 0 Å². The third-order valence-electron chi connectivity index (χ3n) is 6.20. The molecule has 0 radical (unpaired) electrons. The Hall–Kier alpha value is -0.669. The van der Waals surface area contributed by atoms with Crippen LogP contribution in [0.4, 0.5) is 0 Å². The predicted octanol–water partition coefficient (Wildman–Crippen LogP) is 7.26.